The summed E-state index contributed by atoms with van der Waals surface area (Å²) >= 11 is 0. The summed E-state index contributed by atoms with van der Waals surface area (Å²) in [4.78, 5) is 12.1. The Morgan fingerprint density at radius 2 is 1.95 bits per heavy atom. The lowest BCUT2D eigenvalue weighted by Gasteiger charge is -2.21. The van der Waals surface area contributed by atoms with E-state index in [4.69, 9.17) is 10.5 Å². The highest BCUT2D eigenvalue weighted by atomic mass is 19.1. The van der Waals surface area contributed by atoms with E-state index in [9.17, 15) is 9.18 Å². The van der Waals surface area contributed by atoms with Crippen molar-refractivity contribution in [1.29, 1.82) is 0 Å². The smallest absolute Gasteiger partial charge is 0.260 e. The molecule has 0 aliphatic carbocycles. The Balaban J connectivity index is 2.80. The van der Waals surface area contributed by atoms with Gasteiger partial charge in [0.15, 0.2) is 6.10 Å². The summed E-state index contributed by atoms with van der Waals surface area (Å²) in [6.45, 7) is 7.46. The Morgan fingerprint density at radius 3 is 2.48 bits per heavy atom. The summed E-state index contributed by atoms with van der Waals surface area (Å²) in [6, 6.07) is 4.01. The van der Waals surface area contributed by atoms with Gasteiger partial charge >= 0.3 is 0 Å². The molecule has 0 heterocycles. The quantitative estimate of drug-likeness (QED) is 0.813. The molecule has 3 N–H and O–H groups in total. The first-order valence-corrected chi connectivity index (χ1v) is 7.41. The number of carbonyl (C=O) groups is 1. The molecule has 0 aliphatic rings. The normalized spacial score (nSPS) is 13.9. The number of ether oxygens (including phenoxy) is 1. The second-order valence-electron chi connectivity index (χ2n) is 5.25. The van der Waals surface area contributed by atoms with Crippen LogP contribution in [0.25, 0.3) is 0 Å². The lowest BCUT2D eigenvalue weighted by atomic mass is 10.1. The number of amides is 1. The second-order valence-corrected chi connectivity index (χ2v) is 5.25. The van der Waals surface area contributed by atoms with Gasteiger partial charge in [-0.1, -0.05) is 19.9 Å². The largest absolute Gasteiger partial charge is 0.480 e. The molecule has 1 unspecified atom stereocenters. The van der Waals surface area contributed by atoms with E-state index in [1.807, 2.05) is 13.8 Å². The molecule has 1 aromatic rings. The van der Waals surface area contributed by atoms with Crippen molar-refractivity contribution < 1.29 is 13.9 Å². The van der Waals surface area contributed by atoms with Gasteiger partial charge in [0.2, 0.25) is 0 Å². The fourth-order valence-electron chi connectivity index (χ4n) is 2.04. The van der Waals surface area contributed by atoms with E-state index in [0.29, 0.717) is 11.3 Å². The molecule has 4 nitrogen and oxygen atoms in total. The standard InChI is InChI=1S/C16H25FN2O2/c1-5-13(6-2)19-16(20)11(4)21-15-9-12(17)7-8-14(15)10(3)18/h7-11,13H,5-6,18H2,1-4H3,(H,19,20)/t10-,11?/m1/s1. The number of halogens is 1. The molecule has 0 bridgehead atoms. The molecule has 1 amide bonds. The average molecular weight is 296 g/mol. The van der Waals surface area contributed by atoms with E-state index >= 15 is 0 Å². The lowest BCUT2D eigenvalue weighted by molar-refractivity contribution is -0.128. The third-order valence-corrected chi connectivity index (χ3v) is 3.47. The summed E-state index contributed by atoms with van der Waals surface area (Å²) in [5.41, 5.74) is 6.52. The van der Waals surface area contributed by atoms with E-state index in [0.717, 1.165) is 12.8 Å². The zero-order valence-corrected chi connectivity index (χ0v) is 13.2. The van der Waals surface area contributed by atoms with E-state index in [1.54, 1.807) is 19.9 Å². The van der Waals surface area contributed by atoms with Gasteiger partial charge in [-0.15, -0.1) is 0 Å². The van der Waals surface area contributed by atoms with E-state index in [1.165, 1.54) is 12.1 Å². The van der Waals surface area contributed by atoms with Crippen LogP contribution >= 0.6 is 0 Å². The Bertz CT molecular complexity index is 473. The molecule has 0 saturated heterocycles. The van der Waals surface area contributed by atoms with Crippen molar-refractivity contribution in [2.45, 2.75) is 58.7 Å². The van der Waals surface area contributed by atoms with Crippen LogP contribution in [0, 0.1) is 5.82 Å². The summed E-state index contributed by atoms with van der Waals surface area (Å²) < 4.78 is 19.0. The van der Waals surface area contributed by atoms with E-state index < -0.39 is 11.9 Å². The number of rotatable bonds is 7. The third-order valence-electron chi connectivity index (χ3n) is 3.47. The molecule has 2 atom stereocenters. The first-order chi connectivity index (χ1) is 9.88. The van der Waals surface area contributed by atoms with Gasteiger partial charge in [0.1, 0.15) is 11.6 Å². The molecular weight excluding hydrogens is 271 g/mol. The number of nitrogens with two attached hydrogens (primary N) is 1. The van der Waals surface area contributed by atoms with Gasteiger partial charge in [-0.05, 0) is 32.8 Å². The van der Waals surface area contributed by atoms with Gasteiger partial charge in [0, 0.05) is 23.7 Å². The van der Waals surface area contributed by atoms with Crippen LogP contribution in [0.2, 0.25) is 0 Å². The van der Waals surface area contributed by atoms with Crippen molar-refractivity contribution in [3.63, 3.8) is 0 Å². The maximum atomic E-state index is 13.4. The third kappa shape index (κ3) is 5.01. The molecular formula is C16H25FN2O2. The zero-order valence-electron chi connectivity index (χ0n) is 13.2. The molecule has 0 aromatic heterocycles. The van der Waals surface area contributed by atoms with Gasteiger partial charge in [-0.25, -0.2) is 4.39 Å². The zero-order chi connectivity index (χ0) is 16.0. The molecule has 1 aromatic carbocycles. The topological polar surface area (TPSA) is 64.3 Å². The highest BCUT2D eigenvalue weighted by Crippen LogP contribution is 2.25. The maximum Gasteiger partial charge on any atom is 0.260 e. The van der Waals surface area contributed by atoms with Crippen LogP contribution < -0.4 is 15.8 Å². The number of benzene rings is 1. The SMILES string of the molecule is CCC(CC)NC(=O)C(C)Oc1cc(F)ccc1[C@@H](C)N. The van der Waals surface area contributed by atoms with Gasteiger partial charge in [0.25, 0.3) is 5.91 Å². The van der Waals surface area contributed by atoms with Crippen LogP contribution in [0.3, 0.4) is 0 Å². The minimum absolute atomic E-state index is 0.129. The van der Waals surface area contributed by atoms with Crippen LogP contribution in [-0.2, 0) is 4.79 Å². The molecule has 1 rings (SSSR count). The first-order valence-electron chi connectivity index (χ1n) is 7.41. The fourth-order valence-corrected chi connectivity index (χ4v) is 2.04. The Morgan fingerprint density at radius 1 is 1.33 bits per heavy atom. The van der Waals surface area contributed by atoms with Crippen LogP contribution in [0.15, 0.2) is 18.2 Å². The Hall–Kier alpha value is -1.62. The first kappa shape index (κ1) is 17.4. The molecule has 5 heteroatoms. The summed E-state index contributed by atoms with van der Waals surface area (Å²) in [7, 11) is 0. The molecule has 0 aliphatic heterocycles. The van der Waals surface area contributed by atoms with Crippen LogP contribution in [-0.4, -0.2) is 18.1 Å². The van der Waals surface area contributed by atoms with Crippen molar-refractivity contribution in [3.05, 3.63) is 29.6 Å². The van der Waals surface area contributed by atoms with Gasteiger partial charge in [-0.3, -0.25) is 4.79 Å². The second kappa shape index (κ2) is 7.98. The van der Waals surface area contributed by atoms with Crippen molar-refractivity contribution in [3.8, 4) is 5.75 Å². The van der Waals surface area contributed by atoms with E-state index in [-0.39, 0.29) is 18.0 Å². The Labute approximate surface area is 125 Å². The molecule has 118 valence electrons. The van der Waals surface area contributed by atoms with E-state index in [2.05, 4.69) is 5.32 Å². The van der Waals surface area contributed by atoms with Crippen molar-refractivity contribution in [2.75, 3.05) is 0 Å². The predicted molar refractivity (Wildman–Crippen MR) is 81.6 cm³/mol. The molecule has 21 heavy (non-hydrogen) atoms. The molecule has 0 fully saturated rings. The fraction of sp³-hybridized carbons (Fsp3) is 0.562. The summed E-state index contributed by atoms with van der Waals surface area (Å²) in [5.74, 6) is -0.303. The van der Waals surface area contributed by atoms with Crippen molar-refractivity contribution in [2.24, 2.45) is 5.73 Å². The van der Waals surface area contributed by atoms with Crippen LogP contribution in [0.5, 0.6) is 5.75 Å². The molecule has 0 spiro atoms. The number of hydrogen-bond acceptors (Lipinski definition) is 3. The number of carbonyl (C=O) groups excluding carboxylic acids is 1. The maximum absolute atomic E-state index is 13.4. The van der Waals surface area contributed by atoms with Crippen molar-refractivity contribution >= 4 is 5.91 Å². The summed E-state index contributed by atoms with van der Waals surface area (Å²) in [6.07, 6.45) is 1.02. The monoisotopic (exact) mass is 296 g/mol. The van der Waals surface area contributed by atoms with Crippen LogP contribution in [0.4, 0.5) is 4.39 Å². The minimum atomic E-state index is -0.704. The highest BCUT2D eigenvalue weighted by molar-refractivity contribution is 5.81. The van der Waals surface area contributed by atoms with Gasteiger partial charge < -0.3 is 15.8 Å². The minimum Gasteiger partial charge on any atom is -0.480 e. The van der Waals surface area contributed by atoms with Crippen LogP contribution in [0.1, 0.15) is 52.1 Å². The van der Waals surface area contributed by atoms with Gasteiger partial charge in [-0.2, -0.15) is 0 Å². The van der Waals surface area contributed by atoms with Gasteiger partial charge in [0.05, 0.1) is 0 Å². The lowest BCUT2D eigenvalue weighted by Crippen LogP contribution is -2.42. The predicted octanol–water partition coefficient (Wildman–Crippen LogP) is 2.92. The Kier molecular flexibility index (Phi) is 6.62. The molecule has 0 saturated carbocycles. The highest BCUT2D eigenvalue weighted by Gasteiger charge is 2.19. The number of hydrogen-bond donors (Lipinski definition) is 2. The molecule has 0 radical (unpaired) electrons. The average Bonchev–Trinajstić information content (AvgIpc) is 2.44. The van der Waals surface area contributed by atoms with Crippen molar-refractivity contribution in [1.82, 2.24) is 5.32 Å². The number of nitrogens with one attached hydrogen (secondary N) is 1. The summed E-state index contributed by atoms with van der Waals surface area (Å²) in [5, 5.41) is 2.91.